The summed E-state index contributed by atoms with van der Waals surface area (Å²) in [5, 5.41) is 6.36. The van der Waals surface area contributed by atoms with Crippen molar-refractivity contribution < 1.29 is 9.53 Å². The molecule has 0 bridgehead atoms. The molecule has 0 radical (unpaired) electrons. The van der Waals surface area contributed by atoms with E-state index >= 15 is 0 Å². The summed E-state index contributed by atoms with van der Waals surface area (Å²) in [7, 11) is 0. The van der Waals surface area contributed by atoms with Gasteiger partial charge in [-0.1, -0.05) is 13.8 Å². The van der Waals surface area contributed by atoms with Gasteiger partial charge >= 0.3 is 0 Å². The van der Waals surface area contributed by atoms with Crippen LogP contribution in [0.1, 0.15) is 34.1 Å². The molecule has 118 valence electrons. The average Bonchev–Trinajstić information content (AvgIpc) is 2.39. The van der Waals surface area contributed by atoms with Crippen molar-refractivity contribution in [1.29, 1.82) is 0 Å². The first-order valence-corrected chi connectivity index (χ1v) is 7.83. The van der Waals surface area contributed by atoms with Gasteiger partial charge in [-0.15, -0.1) is 0 Å². The van der Waals surface area contributed by atoms with E-state index in [4.69, 9.17) is 4.74 Å². The Morgan fingerprint density at radius 1 is 1.20 bits per heavy atom. The van der Waals surface area contributed by atoms with Crippen molar-refractivity contribution in [3.05, 3.63) is 0 Å². The summed E-state index contributed by atoms with van der Waals surface area (Å²) in [4.78, 5) is 14.3. The number of rotatable bonds is 8. The van der Waals surface area contributed by atoms with E-state index in [1.165, 1.54) is 0 Å². The minimum absolute atomic E-state index is 0.0967. The van der Waals surface area contributed by atoms with Crippen LogP contribution < -0.4 is 10.6 Å². The number of hydrogen-bond donors (Lipinski definition) is 2. The van der Waals surface area contributed by atoms with Crippen LogP contribution in [0.5, 0.6) is 0 Å². The van der Waals surface area contributed by atoms with Crippen molar-refractivity contribution in [2.24, 2.45) is 5.92 Å². The van der Waals surface area contributed by atoms with Crippen molar-refractivity contribution >= 4 is 5.91 Å². The number of hydrogen-bond acceptors (Lipinski definition) is 4. The van der Waals surface area contributed by atoms with E-state index in [1.807, 2.05) is 6.92 Å². The Morgan fingerprint density at radius 3 is 2.45 bits per heavy atom. The Labute approximate surface area is 123 Å². The normalized spacial score (nSPS) is 19.9. The molecule has 0 aromatic heterocycles. The second-order valence-electron chi connectivity index (χ2n) is 6.18. The highest BCUT2D eigenvalue weighted by Gasteiger charge is 2.18. The van der Waals surface area contributed by atoms with Crippen LogP contribution in [0.25, 0.3) is 0 Å². The van der Waals surface area contributed by atoms with Crippen LogP contribution in [0.4, 0.5) is 0 Å². The summed E-state index contributed by atoms with van der Waals surface area (Å²) < 4.78 is 5.34. The van der Waals surface area contributed by atoms with Crippen LogP contribution in [0.2, 0.25) is 0 Å². The van der Waals surface area contributed by atoms with Gasteiger partial charge < -0.3 is 15.4 Å². The molecule has 5 nitrogen and oxygen atoms in total. The van der Waals surface area contributed by atoms with Crippen molar-refractivity contribution in [2.75, 3.05) is 39.4 Å². The third-order valence-corrected chi connectivity index (χ3v) is 3.58. The lowest BCUT2D eigenvalue weighted by Gasteiger charge is -2.30. The summed E-state index contributed by atoms with van der Waals surface area (Å²) in [5.74, 6) is 0.721. The van der Waals surface area contributed by atoms with E-state index < -0.39 is 0 Å². The summed E-state index contributed by atoms with van der Waals surface area (Å²) >= 11 is 0. The van der Waals surface area contributed by atoms with Gasteiger partial charge in [-0.3, -0.25) is 9.69 Å². The first kappa shape index (κ1) is 17.4. The van der Waals surface area contributed by atoms with Crippen LogP contribution in [-0.4, -0.2) is 62.3 Å². The van der Waals surface area contributed by atoms with E-state index in [9.17, 15) is 4.79 Å². The van der Waals surface area contributed by atoms with Crippen molar-refractivity contribution in [3.63, 3.8) is 0 Å². The first-order valence-electron chi connectivity index (χ1n) is 7.83. The molecule has 1 fully saturated rings. The van der Waals surface area contributed by atoms with Crippen LogP contribution in [0.3, 0.4) is 0 Å². The quantitative estimate of drug-likeness (QED) is 0.694. The van der Waals surface area contributed by atoms with E-state index in [0.29, 0.717) is 12.0 Å². The summed E-state index contributed by atoms with van der Waals surface area (Å²) in [5.41, 5.74) is 0. The molecule has 2 unspecified atom stereocenters. The molecule has 1 amide bonds. The molecule has 1 saturated heterocycles. The zero-order chi connectivity index (χ0) is 15.0. The van der Waals surface area contributed by atoms with Gasteiger partial charge in [0.2, 0.25) is 5.91 Å². The molecular formula is C15H31N3O2. The molecule has 1 heterocycles. The number of nitrogens with one attached hydrogen (secondary N) is 2. The SMILES string of the molecule is CC(C)CCNC(=O)C(C)NC(C)CN1CCOCC1. The van der Waals surface area contributed by atoms with Gasteiger partial charge in [0.25, 0.3) is 0 Å². The maximum absolute atomic E-state index is 11.9. The standard InChI is InChI=1S/C15H31N3O2/c1-12(2)5-6-16-15(19)14(4)17-13(3)11-18-7-9-20-10-8-18/h12-14,17H,5-11H2,1-4H3,(H,16,19). The van der Waals surface area contributed by atoms with Crippen molar-refractivity contribution in [1.82, 2.24) is 15.5 Å². The summed E-state index contributed by atoms with van der Waals surface area (Å²) in [6.07, 6.45) is 1.03. The zero-order valence-electron chi connectivity index (χ0n) is 13.4. The molecule has 0 aromatic rings. The lowest BCUT2D eigenvalue weighted by molar-refractivity contribution is -0.123. The van der Waals surface area contributed by atoms with Crippen LogP contribution in [-0.2, 0) is 9.53 Å². The molecule has 0 saturated carbocycles. The molecule has 2 atom stereocenters. The Kier molecular flexibility index (Phi) is 8.11. The number of ether oxygens (including phenoxy) is 1. The second-order valence-corrected chi connectivity index (χ2v) is 6.18. The molecule has 1 aliphatic rings. The number of nitrogens with zero attached hydrogens (tertiary/aromatic N) is 1. The van der Waals surface area contributed by atoms with Gasteiger partial charge in [-0.25, -0.2) is 0 Å². The number of carbonyl (C=O) groups excluding carboxylic acids is 1. The Bertz CT molecular complexity index is 278. The molecular weight excluding hydrogens is 254 g/mol. The van der Waals surface area contributed by atoms with E-state index in [1.54, 1.807) is 0 Å². The van der Waals surface area contributed by atoms with Gasteiger partial charge in [0.1, 0.15) is 0 Å². The molecule has 0 spiro atoms. The zero-order valence-corrected chi connectivity index (χ0v) is 13.4. The first-order chi connectivity index (χ1) is 9.49. The van der Waals surface area contributed by atoms with E-state index in [2.05, 4.69) is 36.3 Å². The van der Waals surface area contributed by atoms with Gasteiger partial charge in [0, 0.05) is 32.2 Å². The molecule has 2 N–H and O–H groups in total. The minimum atomic E-state index is -0.141. The average molecular weight is 285 g/mol. The maximum Gasteiger partial charge on any atom is 0.236 e. The topological polar surface area (TPSA) is 53.6 Å². The maximum atomic E-state index is 11.9. The fourth-order valence-corrected chi connectivity index (χ4v) is 2.36. The highest BCUT2D eigenvalue weighted by Crippen LogP contribution is 2.00. The molecule has 20 heavy (non-hydrogen) atoms. The Hall–Kier alpha value is -0.650. The smallest absolute Gasteiger partial charge is 0.236 e. The highest BCUT2D eigenvalue weighted by atomic mass is 16.5. The predicted molar refractivity (Wildman–Crippen MR) is 81.8 cm³/mol. The van der Waals surface area contributed by atoms with Gasteiger partial charge in [0.15, 0.2) is 0 Å². The third kappa shape index (κ3) is 7.22. The van der Waals surface area contributed by atoms with Crippen LogP contribution in [0, 0.1) is 5.92 Å². The van der Waals surface area contributed by atoms with Gasteiger partial charge in [0.05, 0.1) is 19.3 Å². The monoisotopic (exact) mass is 285 g/mol. The Balaban J connectivity index is 2.18. The molecule has 1 rings (SSSR count). The lowest BCUT2D eigenvalue weighted by atomic mass is 10.1. The fourth-order valence-electron chi connectivity index (χ4n) is 2.36. The molecule has 0 aliphatic carbocycles. The minimum Gasteiger partial charge on any atom is -0.379 e. The van der Waals surface area contributed by atoms with Gasteiger partial charge in [-0.2, -0.15) is 0 Å². The predicted octanol–water partition coefficient (Wildman–Crippen LogP) is 0.848. The van der Waals surface area contributed by atoms with Gasteiger partial charge in [-0.05, 0) is 26.2 Å². The molecule has 0 aromatic carbocycles. The number of carbonyl (C=O) groups is 1. The van der Waals surface area contributed by atoms with Crippen molar-refractivity contribution in [3.8, 4) is 0 Å². The van der Waals surface area contributed by atoms with E-state index in [0.717, 1.165) is 45.8 Å². The molecule has 5 heteroatoms. The highest BCUT2D eigenvalue weighted by molar-refractivity contribution is 5.81. The summed E-state index contributed by atoms with van der Waals surface area (Å²) in [6, 6.07) is 0.164. The largest absolute Gasteiger partial charge is 0.379 e. The third-order valence-electron chi connectivity index (χ3n) is 3.58. The van der Waals surface area contributed by atoms with E-state index in [-0.39, 0.29) is 11.9 Å². The summed E-state index contributed by atoms with van der Waals surface area (Å²) in [6.45, 7) is 13.7. The fraction of sp³-hybridized carbons (Fsp3) is 0.933. The molecule has 1 aliphatic heterocycles. The second kappa shape index (κ2) is 9.32. The van der Waals surface area contributed by atoms with Crippen LogP contribution >= 0.6 is 0 Å². The Morgan fingerprint density at radius 2 is 1.85 bits per heavy atom. The number of morpholine rings is 1. The van der Waals surface area contributed by atoms with Crippen molar-refractivity contribution in [2.45, 2.75) is 46.2 Å². The van der Waals surface area contributed by atoms with Crippen LogP contribution in [0.15, 0.2) is 0 Å². The lowest BCUT2D eigenvalue weighted by Crippen LogP contribution is -2.50. The number of amides is 1.